The second kappa shape index (κ2) is 3.91. The summed E-state index contributed by atoms with van der Waals surface area (Å²) in [6.45, 7) is 0.480. The molecule has 0 aliphatic rings. The number of hydrogen-bond acceptors (Lipinski definition) is 3. The Morgan fingerprint density at radius 1 is 1.40 bits per heavy atom. The number of aromatic nitrogens is 3. The maximum atomic E-state index is 10.6. The van der Waals surface area contributed by atoms with E-state index in [4.69, 9.17) is 5.11 Å². The highest BCUT2D eigenvalue weighted by Gasteiger charge is 2.04. The molecule has 76 valence electrons. The lowest BCUT2D eigenvalue weighted by Gasteiger charge is -1.99. The summed E-state index contributed by atoms with van der Waals surface area (Å²) in [5.41, 5.74) is 0.269. The Morgan fingerprint density at radius 2 is 2.13 bits per heavy atom. The summed E-state index contributed by atoms with van der Waals surface area (Å²) < 4.78 is 1.73. The molecule has 2 aromatic heterocycles. The molecule has 0 aliphatic carbocycles. The summed E-state index contributed by atoms with van der Waals surface area (Å²) >= 11 is 0. The molecule has 0 radical (unpaired) electrons. The van der Waals surface area contributed by atoms with Gasteiger partial charge in [-0.05, 0) is 12.1 Å². The molecule has 0 amide bonds. The lowest BCUT2D eigenvalue weighted by molar-refractivity contribution is 0.0697. The molecule has 0 aliphatic heterocycles. The molecule has 0 aromatic carbocycles. The summed E-state index contributed by atoms with van der Waals surface area (Å²) in [6, 6.07) is 3.28. The van der Waals surface area contributed by atoms with Crippen LogP contribution in [0.4, 0.5) is 0 Å². The Morgan fingerprint density at radius 3 is 2.73 bits per heavy atom. The predicted octanol–water partition coefficient (Wildman–Crippen LogP) is 1.02. The van der Waals surface area contributed by atoms with E-state index in [-0.39, 0.29) is 5.56 Å². The minimum Gasteiger partial charge on any atom is -0.478 e. The summed E-state index contributed by atoms with van der Waals surface area (Å²) in [4.78, 5) is 18.7. The number of carboxylic acids is 1. The summed E-state index contributed by atoms with van der Waals surface area (Å²) in [5.74, 6) is -0.271. The Balaban J connectivity index is 2.15. The van der Waals surface area contributed by atoms with Crippen molar-refractivity contribution in [2.24, 2.45) is 0 Å². The average Bonchev–Trinajstić information content (AvgIpc) is 2.68. The molecule has 15 heavy (non-hydrogen) atoms. The highest BCUT2D eigenvalue weighted by Crippen LogP contribution is 2.02. The Hall–Kier alpha value is -2.17. The number of rotatable bonds is 3. The maximum absolute atomic E-state index is 10.6. The number of carboxylic acid groups (broad SMARTS) is 1. The molecule has 0 saturated carbocycles. The van der Waals surface area contributed by atoms with Gasteiger partial charge in [-0.15, -0.1) is 0 Å². The van der Waals surface area contributed by atoms with E-state index in [0.29, 0.717) is 12.4 Å². The van der Waals surface area contributed by atoms with Crippen LogP contribution in [0.1, 0.15) is 16.2 Å². The fraction of sp³-hybridized carbons (Fsp3) is 0.100. The fourth-order valence-electron chi connectivity index (χ4n) is 1.24. The monoisotopic (exact) mass is 203 g/mol. The zero-order valence-electron chi connectivity index (χ0n) is 7.87. The van der Waals surface area contributed by atoms with Crippen LogP contribution in [0.25, 0.3) is 0 Å². The normalized spacial score (nSPS) is 10.1. The van der Waals surface area contributed by atoms with Crippen molar-refractivity contribution in [3.8, 4) is 0 Å². The van der Waals surface area contributed by atoms with E-state index in [1.54, 1.807) is 41.5 Å². The molecular formula is C10H9N3O2. The van der Waals surface area contributed by atoms with Gasteiger partial charge in [-0.3, -0.25) is 0 Å². The van der Waals surface area contributed by atoms with Crippen molar-refractivity contribution in [2.75, 3.05) is 0 Å². The molecule has 0 fully saturated rings. The van der Waals surface area contributed by atoms with Crippen LogP contribution in [0, 0.1) is 0 Å². The number of carbonyl (C=O) groups is 1. The third-order valence-electron chi connectivity index (χ3n) is 1.94. The van der Waals surface area contributed by atoms with E-state index < -0.39 is 5.97 Å². The van der Waals surface area contributed by atoms with Crippen LogP contribution < -0.4 is 0 Å². The van der Waals surface area contributed by atoms with Crippen LogP contribution in [0.15, 0.2) is 36.9 Å². The second-order valence-corrected chi connectivity index (χ2v) is 3.04. The van der Waals surface area contributed by atoms with Crippen LogP contribution in [0.2, 0.25) is 0 Å². The lowest BCUT2D eigenvalue weighted by Crippen LogP contribution is -2.01. The van der Waals surface area contributed by atoms with E-state index >= 15 is 0 Å². The van der Waals surface area contributed by atoms with Gasteiger partial charge in [-0.25, -0.2) is 14.8 Å². The number of aromatic carboxylic acids is 1. The molecule has 0 unspecified atom stereocenters. The summed E-state index contributed by atoms with van der Waals surface area (Å²) in [6.07, 6.45) is 6.56. The van der Waals surface area contributed by atoms with Crippen molar-refractivity contribution in [3.05, 3.63) is 48.3 Å². The van der Waals surface area contributed by atoms with Gasteiger partial charge in [0, 0.05) is 24.8 Å². The van der Waals surface area contributed by atoms with Crippen LogP contribution >= 0.6 is 0 Å². The molecule has 0 saturated heterocycles. The molecule has 0 spiro atoms. The molecule has 2 aromatic rings. The van der Waals surface area contributed by atoms with Gasteiger partial charge in [0.05, 0.1) is 12.1 Å². The topological polar surface area (TPSA) is 68.0 Å². The molecule has 2 heterocycles. The summed E-state index contributed by atoms with van der Waals surface area (Å²) in [5, 5.41) is 8.72. The van der Waals surface area contributed by atoms with E-state index in [1.807, 2.05) is 0 Å². The Kier molecular flexibility index (Phi) is 2.45. The maximum Gasteiger partial charge on any atom is 0.337 e. The highest BCUT2D eigenvalue weighted by molar-refractivity contribution is 5.87. The number of hydrogen-bond donors (Lipinski definition) is 1. The molecule has 0 atom stereocenters. The molecular weight excluding hydrogens is 194 g/mol. The molecule has 5 nitrogen and oxygen atoms in total. The standard InChI is InChI=1S/C10H9N3O2/c14-10(15)8-2-5-13(6-8)7-9-11-3-1-4-12-9/h1-6H,7H2,(H,14,15). The van der Waals surface area contributed by atoms with E-state index in [9.17, 15) is 4.79 Å². The van der Waals surface area contributed by atoms with Crippen molar-refractivity contribution < 1.29 is 9.90 Å². The first-order chi connectivity index (χ1) is 7.25. The van der Waals surface area contributed by atoms with Crippen LogP contribution in [0.3, 0.4) is 0 Å². The van der Waals surface area contributed by atoms with E-state index in [2.05, 4.69) is 9.97 Å². The first-order valence-electron chi connectivity index (χ1n) is 4.40. The Bertz CT molecular complexity index is 465. The average molecular weight is 203 g/mol. The van der Waals surface area contributed by atoms with Gasteiger partial charge >= 0.3 is 5.97 Å². The third-order valence-corrected chi connectivity index (χ3v) is 1.94. The van der Waals surface area contributed by atoms with Crippen LogP contribution in [-0.2, 0) is 6.54 Å². The van der Waals surface area contributed by atoms with Gasteiger partial charge in [0.2, 0.25) is 0 Å². The zero-order valence-corrected chi connectivity index (χ0v) is 7.87. The van der Waals surface area contributed by atoms with Gasteiger partial charge in [-0.1, -0.05) is 0 Å². The van der Waals surface area contributed by atoms with Gasteiger partial charge in [0.1, 0.15) is 5.82 Å². The van der Waals surface area contributed by atoms with Crippen molar-refractivity contribution in [2.45, 2.75) is 6.54 Å². The molecule has 0 bridgehead atoms. The second-order valence-electron chi connectivity index (χ2n) is 3.04. The van der Waals surface area contributed by atoms with Gasteiger partial charge in [-0.2, -0.15) is 0 Å². The molecule has 5 heteroatoms. The van der Waals surface area contributed by atoms with Crippen molar-refractivity contribution in [1.82, 2.24) is 14.5 Å². The third kappa shape index (κ3) is 2.19. The van der Waals surface area contributed by atoms with E-state index in [1.165, 1.54) is 0 Å². The van der Waals surface area contributed by atoms with Gasteiger partial charge < -0.3 is 9.67 Å². The first-order valence-corrected chi connectivity index (χ1v) is 4.40. The molecule has 2 rings (SSSR count). The molecule has 1 N–H and O–H groups in total. The van der Waals surface area contributed by atoms with Gasteiger partial charge in [0.15, 0.2) is 0 Å². The zero-order chi connectivity index (χ0) is 10.7. The van der Waals surface area contributed by atoms with Crippen LogP contribution in [-0.4, -0.2) is 25.6 Å². The SMILES string of the molecule is O=C(O)c1ccn(Cc2ncccn2)c1. The van der Waals surface area contributed by atoms with Gasteiger partial charge in [0.25, 0.3) is 0 Å². The minimum atomic E-state index is -0.928. The first kappa shape index (κ1) is 9.39. The largest absolute Gasteiger partial charge is 0.478 e. The quantitative estimate of drug-likeness (QED) is 0.808. The predicted molar refractivity (Wildman–Crippen MR) is 52.5 cm³/mol. The summed E-state index contributed by atoms with van der Waals surface area (Å²) in [7, 11) is 0. The lowest BCUT2D eigenvalue weighted by atomic mass is 10.4. The minimum absolute atomic E-state index is 0.269. The van der Waals surface area contributed by atoms with E-state index in [0.717, 1.165) is 0 Å². The highest BCUT2D eigenvalue weighted by atomic mass is 16.4. The van der Waals surface area contributed by atoms with Crippen LogP contribution in [0.5, 0.6) is 0 Å². The number of nitrogens with zero attached hydrogens (tertiary/aromatic N) is 3. The fourth-order valence-corrected chi connectivity index (χ4v) is 1.24. The van der Waals surface area contributed by atoms with Crippen molar-refractivity contribution >= 4 is 5.97 Å². The van der Waals surface area contributed by atoms with Crippen molar-refractivity contribution in [3.63, 3.8) is 0 Å². The smallest absolute Gasteiger partial charge is 0.337 e. The van der Waals surface area contributed by atoms with Crippen molar-refractivity contribution in [1.29, 1.82) is 0 Å². The Labute approximate surface area is 86.0 Å².